The predicted octanol–water partition coefficient (Wildman–Crippen LogP) is 4.85. The average molecular weight is 342 g/mol. The molecule has 5 nitrogen and oxygen atoms in total. The molecule has 0 unspecified atom stereocenters. The first-order valence-electron chi connectivity index (χ1n) is 8.89. The number of hydrogen-bond acceptors (Lipinski definition) is 4. The Labute approximate surface area is 151 Å². The molecule has 0 saturated heterocycles. The third kappa shape index (κ3) is 2.62. The van der Waals surface area contributed by atoms with Crippen LogP contribution in [0.15, 0.2) is 67.4 Å². The zero-order chi connectivity index (χ0) is 17.3. The van der Waals surface area contributed by atoms with Crippen LogP contribution in [0, 0.1) is 0 Å². The maximum atomic E-state index is 5.83. The lowest BCUT2D eigenvalue weighted by Gasteiger charge is -2.23. The van der Waals surface area contributed by atoms with Gasteiger partial charge in [0.15, 0.2) is 0 Å². The van der Waals surface area contributed by atoms with Crippen LogP contribution in [0.4, 0.5) is 0 Å². The molecule has 5 rings (SSSR count). The molecule has 0 aliphatic heterocycles. The number of rotatable bonds is 4. The van der Waals surface area contributed by atoms with E-state index in [-0.39, 0.29) is 0 Å². The largest absolute Gasteiger partial charge is 0.456 e. The highest BCUT2D eigenvalue weighted by Gasteiger charge is 2.25. The molecular formula is C21H18N4O. The summed E-state index contributed by atoms with van der Waals surface area (Å²) >= 11 is 0. The normalized spacial score (nSPS) is 14.3. The molecule has 3 aromatic heterocycles. The average Bonchev–Trinajstić information content (AvgIpc) is 3.01. The summed E-state index contributed by atoms with van der Waals surface area (Å²) in [6.45, 7) is 0. The number of nitrogens with zero attached hydrogens (tertiary/aromatic N) is 4. The summed E-state index contributed by atoms with van der Waals surface area (Å²) in [7, 11) is 0. The predicted molar refractivity (Wildman–Crippen MR) is 99.3 cm³/mol. The van der Waals surface area contributed by atoms with Crippen LogP contribution in [0.2, 0.25) is 0 Å². The van der Waals surface area contributed by atoms with Gasteiger partial charge in [0.1, 0.15) is 17.3 Å². The second kappa shape index (κ2) is 6.26. The van der Waals surface area contributed by atoms with E-state index in [9.17, 15) is 0 Å². The van der Waals surface area contributed by atoms with Gasteiger partial charge in [-0.1, -0.05) is 6.42 Å². The molecule has 3 heterocycles. The van der Waals surface area contributed by atoms with E-state index in [1.807, 2.05) is 55.0 Å². The first-order valence-corrected chi connectivity index (χ1v) is 8.89. The lowest BCUT2D eigenvalue weighted by Crippen LogP contribution is -2.12. The van der Waals surface area contributed by atoms with Crippen molar-refractivity contribution >= 4 is 5.52 Å². The van der Waals surface area contributed by atoms with E-state index in [2.05, 4.69) is 14.4 Å². The van der Waals surface area contributed by atoms with E-state index >= 15 is 0 Å². The summed E-state index contributed by atoms with van der Waals surface area (Å²) in [6, 6.07) is 11.8. The summed E-state index contributed by atoms with van der Waals surface area (Å²) < 4.78 is 8.01. The fourth-order valence-electron chi connectivity index (χ4n) is 3.35. The minimum absolute atomic E-state index is 0.562. The number of imidazole rings is 1. The van der Waals surface area contributed by atoms with Crippen molar-refractivity contribution in [2.45, 2.75) is 25.2 Å². The minimum atomic E-state index is 0.562. The summed E-state index contributed by atoms with van der Waals surface area (Å²) in [6.07, 6.45) is 12.9. The highest BCUT2D eigenvalue weighted by Crippen LogP contribution is 2.38. The second-order valence-corrected chi connectivity index (χ2v) is 6.59. The van der Waals surface area contributed by atoms with Gasteiger partial charge < -0.3 is 4.74 Å². The summed E-state index contributed by atoms with van der Waals surface area (Å²) in [4.78, 5) is 13.3. The zero-order valence-electron chi connectivity index (χ0n) is 14.2. The van der Waals surface area contributed by atoms with Gasteiger partial charge in [0, 0.05) is 30.1 Å². The van der Waals surface area contributed by atoms with Gasteiger partial charge in [-0.25, -0.2) is 4.98 Å². The quantitative estimate of drug-likeness (QED) is 0.532. The third-order valence-corrected chi connectivity index (χ3v) is 4.94. The number of ether oxygens (including phenoxy) is 1. The van der Waals surface area contributed by atoms with Crippen LogP contribution in [-0.4, -0.2) is 19.4 Å². The number of benzene rings is 1. The highest BCUT2D eigenvalue weighted by atomic mass is 16.5. The van der Waals surface area contributed by atoms with Gasteiger partial charge >= 0.3 is 0 Å². The van der Waals surface area contributed by atoms with Crippen LogP contribution in [0.5, 0.6) is 11.5 Å². The molecule has 1 aliphatic rings. The first kappa shape index (κ1) is 15.1. The molecule has 128 valence electrons. The molecule has 0 spiro atoms. The van der Waals surface area contributed by atoms with Crippen LogP contribution in [-0.2, 0) is 0 Å². The van der Waals surface area contributed by atoms with Gasteiger partial charge in [-0.2, -0.15) is 0 Å². The smallest absolute Gasteiger partial charge is 0.145 e. The monoisotopic (exact) mass is 342 g/mol. The summed E-state index contributed by atoms with van der Waals surface area (Å²) in [5.41, 5.74) is 3.10. The molecule has 1 fully saturated rings. The topological polar surface area (TPSA) is 52.3 Å². The number of fused-ring (bicyclic) bond motifs is 1. The Hall–Kier alpha value is -3.21. The van der Waals surface area contributed by atoms with Crippen molar-refractivity contribution in [2.24, 2.45) is 0 Å². The van der Waals surface area contributed by atoms with Crippen LogP contribution >= 0.6 is 0 Å². The Morgan fingerprint density at radius 1 is 0.923 bits per heavy atom. The Kier molecular flexibility index (Phi) is 3.63. The van der Waals surface area contributed by atoms with Crippen LogP contribution in [0.3, 0.4) is 0 Å². The Morgan fingerprint density at radius 2 is 1.77 bits per heavy atom. The van der Waals surface area contributed by atoms with Crippen molar-refractivity contribution in [3.63, 3.8) is 0 Å². The van der Waals surface area contributed by atoms with Crippen molar-refractivity contribution in [1.29, 1.82) is 0 Å². The lowest BCUT2D eigenvalue weighted by molar-refractivity contribution is 0.400. The van der Waals surface area contributed by atoms with Crippen molar-refractivity contribution in [3.05, 3.63) is 73.2 Å². The summed E-state index contributed by atoms with van der Waals surface area (Å²) in [5, 5.41) is 0. The second-order valence-electron chi connectivity index (χ2n) is 6.59. The van der Waals surface area contributed by atoms with Gasteiger partial charge in [-0.15, -0.1) is 0 Å². The molecule has 4 aromatic rings. The lowest BCUT2D eigenvalue weighted by atomic mass is 9.85. The maximum Gasteiger partial charge on any atom is 0.145 e. The van der Waals surface area contributed by atoms with E-state index in [0.717, 1.165) is 34.1 Å². The van der Waals surface area contributed by atoms with Gasteiger partial charge in [0.05, 0.1) is 23.6 Å². The molecule has 1 saturated carbocycles. The maximum absolute atomic E-state index is 5.83. The van der Waals surface area contributed by atoms with E-state index in [1.54, 1.807) is 12.4 Å². The number of hydrogen-bond donors (Lipinski definition) is 0. The minimum Gasteiger partial charge on any atom is -0.456 e. The van der Waals surface area contributed by atoms with E-state index < -0.39 is 0 Å². The van der Waals surface area contributed by atoms with Crippen LogP contribution in [0.25, 0.3) is 16.8 Å². The SMILES string of the molecule is c1cncc(Oc2ccc(-c3nc(C4CCC4)n4ccncc34)cc2)c1. The molecule has 1 aromatic carbocycles. The molecule has 0 atom stereocenters. The molecule has 0 N–H and O–H groups in total. The molecule has 0 radical (unpaired) electrons. The fourth-order valence-corrected chi connectivity index (χ4v) is 3.35. The zero-order valence-corrected chi connectivity index (χ0v) is 14.2. The van der Waals surface area contributed by atoms with Gasteiger partial charge in [-0.3, -0.25) is 14.4 Å². The molecule has 0 bridgehead atoms. The fraction of sp³-hybridized carbons (Fsp3) is 0.190. The van der Waals surface area contributed by atoms with E-state index in [1.165, 1.54) is 19.3 Å². The third-order valence-electron chi connectivity index (χ3n) is 4.94. The summed E-state index contributed by atoms with van der Waals surface area (Å²) in [5.74, 6) is 3.22. The van der Waals surface area contributed by atoms with Gasteiger partial charge in [0.2, 0.25) is 0 Å². The van der Waals surface area contributed by atoms with Crippen molar-refractivity contribution in [2.75, 3.05) is 0 Å². The Bertz CT molecular complexity index is 1040. The van der Waals surface area contributed by atoms with Gasteiger partial charge in [-0.05, 0) is 49.2 Å². The molecule has 1 aliphatic carbocycles. The first-order chi connectivity index (χ1) is 12.9. The Morgan fingerprint density at radius 3 is 2.50 bits per heavy atom. The van der Waals surface area contributed by atoms with E-state index in [0.29, 0.717) is 5.92 Å². The standard InChI is InChI=1S/C21H18N4O/c1-3-16(4-1)21-24-20(19-14-23-11-12-25(19)21)15-6-8-17(9-7-15)26-18-5-2-10-22-13-18/h2,5-14,16H,1,3-4H2. The molecule has 0 amide bonds. The highest BCUT2D eigenvalue weighted by molar-refractivity contribution is 5.77. The van der Waals surface area contributed by atoms with Crippen molar-refractivity contribution in [3.8, 4) is 22.8 Å². The Balaban J connectivity index is 1.50. The molecular weight excluding hydrogens is 324 g/mol. The van der Waals surface area contributed by atoms with Crippen molar-refractivity contribution < 1.29 is 4.74 Å². The molecule has 26 heavy (non-hydrogen) atoms. The van der Waals surface area contributed by atoms with E-state index in [4.69, 9.17) is 9.72 Å². The van der Waals surface area contributed by atoms with Gasteiger partial charge in [0.25, 0.3) is 0 Å². The van der Waals surface area contributed by atoms with Crippen LogP contribution < -0.4 is 4.74 Å². The van der Waals surface area contributed by atoms with Crippen molar-refractivity contribution in [1.82, 2.24) is 19.4 Å². The van der Waals surface area contributed by atoms with Crippen LogP contribution in [0.1, 0.15) is 31.0 Å². The molecule has 5 heteroatoms. The number of pyridine rings is 1. The number of aromatic nitrogens is 4.